The maximum Gasteiger partial charge on any atom is 0.164 e. The molecule has 5 nitrogen and oxygen atoms in total. The quantitative estimate of drug-likeness (QED) is 0.868. The van der Waals surface area contributed by atoms with Gasteiger partial charge >= 0.3 is 0 Å². The highest BCUT2D eigenvalue weighted by Crippen LogP contribution is 2.34. The van der Waals surface area contributed by atoms with Crippen LogP contribution in [0.5, 0.6) is 17.2 Å². The molecule has 1 saturated heterocycles. The minimum absolute atomic E-state index is 0.529. The van der Waals surface area contributed by atoms with E-state index in [2.05, 4.69) is 17.3 Å². The van der Waals surface area contributed by atoms with Gasteiger partial charge in [-0.15, -0.1) is 0 Å². The molecule has 1 unspecified atom stereocenters. The van der Waals surface area contributed by atoms with Crippen LogP contribution in [0, 0.1) is 0 Å². The average Bonchev–Trinajstić information content (AvgIpc) is 2.52. The molecule has 0 spiro atoms. The number of ether oxygens (including phenoxy) is 3. The number of nitrogens with zero attached hydrogens (tertiary/aromatic N) is 1. The third-order valence-electron chi connectivity index (χ3n) is 3.99. The van der Waals surface area contributed by atoms with Gasteiger partial charge in [0.1, 0.15) is 5.75 Å². The van der Waals surface area contributed by atoms with Crippen LogP contribution in [0.2, 0.25) is 0 Å². The number of likely N-dealkylation sites (tertiary alicyclic amines) is 1. The van der Waals surface area contributed by atoms with Crippen molar-refractivity contribution in [1.82, 2.24) is 10.2 Å². The Labute approximate surface area is 127 Å². The summed E-state index contributed by atoms with van der Waals surface area (Å²) in [4.78, 5) is 2.37. The van der Waals surface area contributed by atoms with E-state index in [0.717, 1.165) is 30.2 Å². The molecule has 1 fully saturated rings. The molecule has 0 amide bonds. The predicted octanol–water partition coefficient (Wildman–Crippen LogP) is 1.90. The highest BCUT2D eigenvalue weighted by atomic mass is 16.5. The number of piperidine rings is 1. The zero-order valence-electron chi connectivity index (χ0n) is 13.4. The molecule has 1 aliphatic heterocycles. The molecule has 0 aliphatic carbocycles. The number of methoxy groups -OCH3 is 3. The second kappa shape index (κ2) is 7.52. The van der Waals surface area contributed by atoms with E-state index in [-0.39, 0.29) is 0 Å². The van der Waals surface area contributed by atoms with Gasteiger partial charge in [0, 0.05) is 30.8 Å². The smallest absolute Gasteiger partial charge is 0.164 e. The minimum atomic E-state index is 0.529. The fourth-order valence-corrected chi connectivity index (χ4v) is 2.82. The van der Waals surface area contributed by atoms with Crippen LogP contribution in [0.3, 0.4) is 0 Å². The Hall–Kier alpha value is -1.46. The van der Waals surface area contributed by atoms with E-state index in [0.29, 0.717) is 11.8 Å². The van der Waals surface area contributed by atoms with Crippen LogP contribution >= 0.6 is 0 Å². The first-order chi connectivity index (χ1) is 10.2. The van der Waals surface area contributed by atoms with Crippen LogP contribution < -0.4 is 19.5 Å². The average molecular weight is 294 g/mol. The molecule has 0 bridgehead atoms. The molecule has 21 heavy (non-hydrogen) atoms. The first-order valence-corrected chi connectivity index (χ1v) is 7.38. The first-order valence-electron chi connectivity index (χ1n) is 7.38. The van der Waals surface area contributed by atoms with Crippen molar-refractivity contribution >= 4 is 0 Å². The van der Waals surface area contributed by atoms with Gasteiger partial charge in [-0.05, 0) is 32.5 Å². The molecule has 1 aliphatic rings. The second-order valence-corrected chi connectivity index (χ2v) is 5.50. The lowest BCUT2D eigenvalue weighted by molar-refractivity contribution is 0.226. The van der Waals surface area contributed by atoms with Crippen LogP contribution in [-0.4, -0.2) is 52.4 Å². The monoisotopic (exact) mass is 294 g/mol. The lowest BCUT2D eigenvalue weighted by Gasteiger charge is -2.30. The third kappa shape index (κ3) is 4.02. The van der Waals surface area contributed by atoms with Crippen LogP contribution in [0.1, 0.15) is 18.4 Å². The van der Waals surface area contributed by atoms with Crippen molar-refractivity contribution in [2.24, 2.45) is 0 Å². The largest absolute Gasteiger partial charge is 0.496 e. The van der Waals surface area contributed by atoms with Gasteiger partial charge in [0.15, 0.2) is 11.5 Å². The predicted molar refractivity (Wildman–Crippen MR) is 83.5 cm³/mol. The summed E-state index contributed by atoms with van der Waals surface area (Å²) in [6.07, 6.45) is 2.47. The van der Waals surface area contributed by atoms with Gasteiger partial charge in [-0.1, -0.05) is 0 Å². The Kier molecular flexibility index (Phi) is 5.70. The summed E-state index contributed by atoms with van der Waals surface area (Å²) >= 11 is 0. The summed E-state index contributed by atoms with van der Waals surface area (Å²) in [5.41, 5.74) is 1.09. The Morgan fingerprint density at radius 2 is 1.76 bits per heavy atom. The molecule has 0 saturated carbocycles. The molecule has 5 heteroatoms. The van der Waals surface area contributed by atoms with E-state index in [1.807, 2.05) is 12.1 Å². The molecule has 1 N–H and O–H groups in total. The van der Waals surface area contributed by atoms with Crippen molar-refractivity contribution in [3.8, 4) is 17.2 Å². The lowest BCUT2D eigenvalue weighted by Crippen LogP contribution is -2.43. The maximum absolute atomic E-state index is 5.46. The molecular formula is C16H26N2O3. The number of likely N-dealkylation sites (N-methyl/N-ethyl adjacent to an activating group) is 1. The summed E-state index contributed by atoms with van der Waals surface area (Å²) in [6.45, 7) is 3.05. The molecule has 0 radical (unpaired) electrons. The molecule has 1 atom stereocenters. The number of benzene rings is 1. The topological polar surface area (TPSA) is 43.0 Å². The van der Waals surface area contributed by atoms with Gasteiger partial charge < -0.3 is 24.4 Å². The van der Waals surface area contributed by atoms with Gasteiger partial charge in [0.25, 0.3) is 0 Å². The standard InChI is InChI=1S/C16H26N2O3/c1-18-7-5-6-13(11-18)17-10-12-8-15(20-3)16(21-4)9-14(12)19-2/h8-9,13,17H,5-7,10-11H2,1-4H3. The second-order valence-electron chi connectivity index (χ2n) is 5.50. The molecule has 1 aromatic rings. The Morgan fingerprint density at radius 1 is 1.10 bits per heavy atom. The summed E-state index contributed by atoms with van der Waals surface area (Å²) in [7, 11) is 7.13. The van der Waals surface area contributed by atoms with E-state index in [1.165, 1.54) is 19.4 Å². The third-order valence-corrected chi connectivity index (χ3v) is 3.99. The molecule has 118 valence electrons. The first kappa shape index (κ1) is 15.9. The number of hydrogen-bond donors (Lipinski definition) is 1. The van der Waals surface area contributed by atoms with Crippen molar-refractivity contribution in [1.29, 1.82) is 0 Å². The van der Waals surface area contributed by atoms with Crippen molar-refractivity contribution in [2.45, 2.75) is 25.4 Å². The Balaban J connectivity index is 2.07. The van der Waals surface area contributed by atoms with Crippen LogP contribution in [-0.2, 0) is 6.54 Å². The zero-order valence-corrected chi connectivity index (χ0v) is 13.4. The van der Waals surface area contributed by atoms with Crippen molar-refractivity contribution in [3.05, 3.63) is 17.7 Å². The van der Waals surface area contributed by atoms with Gasteiger partial charge in [0.2, 0.25) is 0 Å². The van der Waals surface area contributed by atoms with Crippen molar-refractivity contribution < 1.29 is 14.2 Å². The highest BCUT2D eigenvalue weighted by molar-refractivity contribution is 5.50. The van der Waals surface area contributed by atoms with Crippen LogP contribution in [0.15, 0.2) is 12.1 Å². The molecule has 1 heterocycles. The number of rotatable bonds is 6. The SMILES string of the molecule is COc1cc(OC)c(OC)cc1CNC1CCCN(C)C1. The van der Waals surface area contributed by atoms with Crippen LogP contribution in [0.25, 0.3) is 0 Å². The lowest BCUT2D eigenvalue weighted by atomic mass is 10.1. The van der Waals surface area contributed by atoms with Gasteiger partial charge in [-0.25, -0.2) is 0 Å². The summed E-state index contributed by atoms with van der Waals surface area (Å²) in [5, 5.41) is 3.61. The maximum atomic E-state index is 5.46. The van der Waals surface area contributed by atoms with E-state index < -0.39 is 0 Å². The summed E-state index contributed by atoms with van der Waals surface area (Å²) in [5.74, 6) is 2.25. The van der Waals surface area contributed by atoms with E-state index in [1.54, 1.807) is 21.3 Å². The molecule has 2 rings (SSSR count). The number of hydrogen-bond acceptors (Lipinski definition) is 5. The summed E-state index contributed by atoms with van der Waals surface area (Å²) < 4.78 is 16.1. The Morgan fingerprint density at radius 3 is 2.38 bits per heavy atom. The van der Waals surface area contributed by atoms with Gasteiger partial charge in [-0.2, -0.15) is 0 Å². The van der Waals surface area contributed by atoms with E-state index in [4.69, 9.17) is 14.2 Å². The van der Waals surface area contributed by atoms with E-state index >= 15 is 0 Å². The zero-order chi connectivity index (χ0) is 15.2. The van der Waals surface area contributed by atoms with Crippen molar-refractivity contribution in [3.63, 3.8) is 0 Å². The fourth-order valence-electron chi connectivity index (χ4n) is 2.82. The van der Waals surface area contributed by atoms with E-state index in [9.17, 15) is 0 Å². The molecule has 1 aromatic carbocycles. The molecule has 0 aromatic heterocycles. The van der Waals surface area contributed by atoms with Gasteiger partial charge in [0.05, 0.1) is 21.3 Å². The minimum Gasteiger partial charge on any atom is -0.496 e. The fraction of sp³-hybridized carbons (Fsp3) is 0.625. The highest BCUT2D eigenvalue weighted by Gasteiger charge is 2.18. The summed E-state index contributed by atoms with van der Waals surface area (Å²) in [6, 6.07) is 4.39. The van der Waals surface area contributed by atoms with Gasteiger partial charge in [-0.3, -0.25) is 0 Å². The molecular weight excluding hydrogens is 268 g/mol. The van der Waals surface area contributed by atoms with Crippen LogP contribution in [0.4, 0.5) is 0 Å². The normalized spacial score (nSPS) is 19.3. The number of nitrogens with one attached hydrogen (secondary N) is 1. The Bertz CT molecular complexity index is 465. The van der Waals surface area contributed by atoms with Crippen molar-refractivity contribution in [2.75, 3.05) is 41.5 Å².